The first kappa shape index (κ1) is 23.1. The lowest BCUT2D eigenvalue weighted by Gasteiger charge is -2.26. The van der Waals surface area contributed by atoms with Crippen molar-refractivity contribution in [1.82, 2.24) is 14.7 Å². The fourth-order valence-electron chi connectivity index (χ4n) is 4.25. The van der Waals surface area contributed by atoms with Crippen LogP contribution in [0.3, 0.4) is 0 Å². The number of amides is 1. The SMILES string of the molecule is CCC(C)C(NC(=O)c1ccn2c(NC(C)(C)C)c(C3CCCCC3)nc2c1)C(=O)O. The summed E-state index contributed by atoms with van der Waals surface area (Å²) in [5.74, 6) is -0.150. The van der Waals surface area contributed by atoms with Gasteiger partial charge in [0.25, 0.3) is 5.91 Å². The third-order valence-electron chi connectivity index (χ3n) is 6.17. The van der Waals surface area contributed by atoms with Gasteiger partial charge in [-0.25, -0.2) is 9.78 Å². The highest BCUT2D eigenvalue weighted by Crippen LogP contribution is 2.37. The van der Waals surface area contributed by atoms with Crippen LogP contribution in [0.5, 0.6) is 0 Å². The Kier molecular flexibility index (Phi) is 6.92. The predicted octanol–water partition coefficient (Wildman–Crippen LogP) is 4.82. The van der Waals surface area contributed by atoms with E-state index in [2.05, 4.69) is 31.4 Å². The number of aliphatic carboxylic acids is 1. The van der Waals surface area contributed by atoms with Crippen molar-refractivity contribution in [3.63, 3.8) is 0 Å². The monoisotopic (exact) mass is 428 g/mol. The summed E-state index contributed by atoms with van der Waals surface area (Å²) in [4.78, 5) is 29.3. The Morgan fingerprint density at radius 2 is 1.94 bits per heavy atom. The Labute approximate surface area is 184 Å². The van der Waals surface area contributed by atoms with Crippen molar-refractivity contribution in [3.05, 3.63) is 29.6 Å². The third kappa shape index (κ3) is 5.38. The maximum absolute atomic E-state index is 12.8. The zero-order chi connectivity index (χ0) is 22.8. The molecule has 2 heterocycles. The molecule has 1 aliphatic rings. The number of nitrogens with zero attached hydrogens (tertiary/aromatic N) is 2. The molecule has 2 aromatic rings. The van der Waals surface area contributed by atoms with Crippen LogP contribution in [0.25, 0.3) is 5.65 Å². The van der Waals surface area contributed by atoms with Crippen LogP contribution >= 0.6 is 0 Å². The molecule has 0 bridgehead atoms. The molecule has 2 unspecified atom stereocenters. The van der Waals surface area contributed by atoms with Gasteiger partial charge in [-0.1, -0.05) is 39.5 Å². The second kappa shape index (κ2) is 9.28. The molecule has 1 fully saturated rings. The molecular weight excluding hydrogens is 392 g/mol. The fraction of sp³-hybridized carbons (Fsp3) is 0.625. The van der Waals surface area contributed by atoms with Gasteiger partial charge in [-0.2, -0.15) is 0 Å². The first-order valence-electron chi connectivity index (χ1n) is 11.4. The van der Waals surface area contributed by atoms with E-state index < -0.39 is 12.0 Å². The second-order valence-corrected chi connectivity index (χ2v) is 9.87. The van der Waals surface area contributed by atoms with Gasteiger partial charge in [-0.05, 0) is 51.7 Å². The van der Waals surface area contributed by atoms with E-state index in [4.69, 9.17) is 4.98 Å². The first-order valence-corrected chi connectivity index (χ1v) is 11.4. The molecule has 7 nitrogen and oxygen atoms in total. The van der Waals surface area contributed by atoms with E-state index in [1.807, 2.05) is 24.4 Å². The van der Waals surface area contributed by atoms with Crippen molar-refractivity contribution in [1.29, 1.82) is 0 Å². The summed E-state index contributed by atoms with van der Waals surface area (Å²) in [6, 6.07) is 2.58. The average molecular weight is 429 g/mol. The zero-order valence-electron chi connectivity index (χ0n) is 19.4. The Morgan fingerprint density at radius 3 is 2.52 bits per heavy atom. The van der Waals surface area contributed by atoms with Crippen LogP contribution in [0.4, 0.5) is 5.82 Å². The Bertz CT molecular complexity index is 938. The summed E-state index contributed by atoms with van der Waals surface area (Å²) in [6.07, 6.45) is 8.49. The van der Waals surface area contributed by atoms with Gasteiger partial charge in [-0.15, -0.1) is 0 Å². The standard InChI is InChI=1S/C24H36N4O3/c1-6-15(2)19(23(30)31)26-22(29)17-12-13-28-18(14-17)25-20(16-10-8-7-9-11-16)21(28)27-24(3,4)5/h12-16,19,27H,6-11H2,1-5H3,(H,26,29)(H,30,31). The minimum atomic E-state index is -1.01. The predicted molar refractivity (Wildman–Crippen MR) is 123 cm³/mol. The first-order chi connectivity index (χ1) is 14.6. The summed E-state index contributed by atoms with van der Waals surface area (Å²) in [7, 11) is 0. The maximum atomic E-state index is 12.8. The summed E-state index contributed by atoms with van der Waals surface area (Å²) in [6.45, 7) is 10.1. The lowest BCUT2D eigenvalue weighted by atomic mass is 9.87. The number of pyridine rings is 1. The molecule has 0 aliphatic heterocycles. The highest BCUT2D eigenvalue weighted by Gasteiger charge is 2.28. The van der Waals surface area contributed by atoms with E-state index in [1.165, 1.54) is 19.3 Å². The van der Waals surface area contributed by atoms with Crippen LogP contribution in [-0.2, 0) is 4.79 Å². The minimum absolute atomic E-state index is 0.125. The number of nitrogens with one attached hydrogen (secondary N) is 2. The van der Waals surface area contributed by atoms with E-state index in [0.29, 0.717) is 23.5 Å². The molecule has 2 atom stereocenters. The van der Waals surface area contributed by atoms with E-state index in [0.717, 1.165) is 24.4 Å². The van der Waals surface area contributed by atoms with Gasteiger partial charge in [0, 0.05) is 23.2 Å². The van der Waals surface area contributed by atoms with E-state index in [9.17, 15) is 14.7 Å². The number of imidazole rings is 1. The number of hydrogen-bond donors (Lipinski definition) is 3. The van der Waals surface area contributed by atoms with Gasteiger partial charge < -0.3 is 15.7 Å². The van der Waals surface area contributed by atoms with E-state index in [1.54, 1.807) is 12.1 Å². The molecule has 2 aromatic heterocycles. The molecule has 0 spiro atoms. The van der Waals surface area contributed by atoms with Crippen molar-refractivity contribution in [2.24, 2.45) is 5.92 Å². The van der Waals surface area contributed by atoms with Gasteiger partial charge in [0.2, 0.25) is 0 Å². The van der Waals surface area contributed by atoms with Crippen molar-refractivity contribution >= 4 is 23.3 Å². The molecule has 3 N–H and O–H groups in total. The summed E-state index contributed by atoms with van der Waals surface area (Å²) in [5.41, 5.74) is 2.07. The van der Waals surface area contributed by atoms with Crippen molar-refractivity contribution in [2.45, 2.75) is 90.6 Å². The number of aromatic nitrogens is 2. The second-order valence-electron chi connectivity index (χ2n) is 9.87. The molecule has 0 saturated heterocycles. The molecular formula is C24H36N4O3. The van der Waals surface area contributed by atoms with E-state index in [-0.39, 0.29) is 17.4 Å². The molecule has 1 saturated carbocycles. The van der Waals surface area contributed by atoms with Gasteiger partial charge >= 0.3 is 5.97 Å². The van der Waals surface area contributed by atoms with Crippen LogP contribution in [0.2, 0.25) is 0 Å². The number of carbonyl (C=O) groups excluding carboxylic acids is 1. The maximum Gasteiger partial charge on any atom is 0.326 e. The number of fused-ring (bicyclic) bond motifs is 1. The molecule has 7 heteroatoms. The van der Waals surface area contributed by atoms with Gasteiger partial charge in [0.15, 0.2) is 0 Å². The smallest absolute Gasteiger partial charge is 0.326 e. The largest absolute Gasteiger partial charge is 0.480 e. The summed E-state index contributed by atoms with van der Waals surface area (Å²) in [5, 5.41) is 15.8. The number of hydrogen-bond acceptors (Lipinski definition) is 4. The molecule has 3 rings (SSSR count). The third-order valence-corrected chi connectivity index (χ3v) is 6.17. The quantitative estimate of drug-likeness (QED) is 0.587. The molecule has 0 radical (unpaired) electrons. The Balaban J connectivity index is 1.96. The van der Waals surface area contributed by atoms with Crippen molar-refractivity contribution in [2.75, 3.05) is 5.32 Å². The van der Waals surface area contributed by atoms with Gasteiger partial charge in [0.1, 0.15) is 17.5 Å². The topological polar surface area (TPSA) is 95.7 Å². The lowest BCUT2D eigenvalue weighted by molar-refractivity contribution is -0.140. The number of anilines is 1. The van der Waals surface area contributed by atoms with Gasteiger partial charge in [0.05, 0.1) is 5.69 Å². The number of carboxylic acid groups (broad SMARTS) is 1. The van der Waals surface area contributed by atoms with Crippen LogP contribution in [0, 0.1) is 5.92 Å². The molecule has 1 aliphatic carbocycles. The van der Waals surface area contributed by atoms with Gasteiger partial charge in [-0.3, -0.25) is 9.20 Å². The molecule has 1 amide bonds. The number of rotatable bonds is 7. The minimum Gasteiger partial charge on any atom is -0.480 e. The van der Waals surface area contributed by atoms with Crippen LogP contribution in [0.15, 0.2) is 18.3 Å². The average Bonchev–Trinajstić information content (AvgIpc) is 3.07. The number of carbonyl (C=O) groups is 2. The molecule has 0 aromatic carbocycles. The summed E-state index contributed by atoms with van der Waals surface area (Å²) >= 11 is 0. The molecule has 31 heavy (non-hydrogen) atoms. The van der Waals surface area contributed by atoms with Crippen LogP contribution in [0.1, 0.15) is 95.1 Å². The Hall–Kier alpha value is -2.57. The normalized spacial score (nSPS) is 17.3. The van der Waals surface area contributed by atoms with Crippen LogP contribution < -0.4 is 10.6 Å². The lowest BCUT2D eigenvalue weighted by Crippen LogP contribution is -2.45. The highest BCUT2D eigenvalue weighted by molar-refractivity contribution is 5.97. The van der Waals surface area contributed by atoms with E-state index >= 15 is 0 Å². The summed E-state index contributed by atoms with van der Waals surface area (Å²) < 4.78 is 2.01. The Morgan fingerprint density at radius 1 is 1.26 bits per heavy atom. The zero-order valence-corrected chi connectivity index (χ0v) is 19.4. The van der Waals surface area contributed by atoms with Crippen LogP contribution in [-0.4, -0.2) is 37.9 Å². The number of carboxylic acids is 1. The fourth-order valence-corrected chi connectivity index (χ4v) is 4.25. The van der Waals surface area contributed by atoms with Crippen molar-refractivity contribution in [3.8, 4) is 0 Å². The molecule has 170 valence electrons. The van der Waals surface area contributed by atoms with Crippen molar-refractivity contribution < 1.29 is 14.7 Å². The highest BCUT2D eigenvalue weighted by atomic mass is 16.4.